The number of carbonyl (C=O) groups is 1. The van der Waals surface area contributed by atoms with Gasteiger partial charge < -0.3 is 0 Å². The third-order valence-corrected chi connectivity index (χ3v) is 2.24. The Morgan fingerprint density at radius 3 is 2.93 bits per heavy atom. The van der Waals surface area contributed by atoms with Crippen molar-refractivity contribution in [2.45, 2.75) is 0 Å². The van der Waals surface area contributed by atoms with E-state index in [-0.39, 0.29) is 0 Å². The van der Waals surface area contributed by atoms with Crippen molar-refractivity contribution in [2.24, 2.45) is 0 Å². The van der Waals surface area contributed by atoms with E-state index in [1.165, 1.54) is 0 Å². The van der Waals surface area contributed by atoms with Gasteiger partial charge in [0.15, 0.2) is 12.1 Å². The van der Waals surface area contributed by atoms with E-state index in [0.717, 1.165) is 10.8 Å². The Hall–Kier alpha value is -1.56. The molecule has 0 saturated heterocycles. The molecule has 0 aliphatic heterocycles. The van der Waals surface area contributed by atoms with Gasteiger partial charge >= 0.3 is 0 Å². The van der Waals surface area contributed by atoms with E-state index < -0.39 is 0 Å². The summed E-state index contributed by atoms with van der Waals surface area (Å²) in [6, 6.07) is 5.28. The lowest BCUT2D eigenvalue weighted by Crippen LogP contribution is -1.89. The molecule has 0 unspecified atom stereocenters. The van der Waals surface area contributed by atoms with E-state index in [4.69, 9.17) is 0 Å². The number of H-pyrrole nitrogens is 1. The standard InChI is InChI=1S/C8H5BrN4O/c9-6-2-1-5(4-14)7(3-6)8-10-12-13-11-8/h1-4H,(H,10,11,12,13). The summed E-state index contributed by atoms with van der Waals surface area (Å²) in [5.41, 5.74) is 1.23. The summed E-state index contributed by atoms with van der Waals surface area (Å²) in [5.74, 6) is 0.480. The first-order valence-corrected chi connectivity index (χ1v) is 4.59. The zero-order valence-electron chi connectivity index (χ0n) is 6.94. The highest BCUT2D eigenvalue weighted by molar-refractivity contribution is 9.10. The van der Waals surface area contributed by atoms with Crippen LogP contribution < -0.4 is 0 Å². The minimum atomic E-state index is 0.480. The Balaban J connectivity index is 2.61. The van der Waals surface area contributed by atoms with E-state index in [9.17, 15) is 4.79 Å². The van der Waals surface area contributed by atoms with Crippen LogP contribution in [-0.4, -0.2) is 26.9 Å². The van der Waals surface area contributed by atoms with Crippen molar-refractivity contribution >= 4 is 22.2 Å². The second kappa shape index (κ2) is 3.67. The number of hydrogen-bond acceptors (Lipinski definition) is 4. The number of aromatic nitrogens is 4. The number of nitrogens with one attached hydrogen (secondary N) is 1. The molecule has 1 aromatic heterocycles. The molecule has 1 N–H and O–H groups in total. The lowest BCUT2D eigenvalue weighted by Gasteiger charge is -2.00. The Bertz CT molecular complexity index is 454. The van der Waals surface area contributed by atoms with E-state index >= 15 is 0 Å². The van der Waals surface area contributed by atoms with Gasteiger partial charge in [0.2, 0.25) is 0 Å². The van der Waals surface area contributed by atoms with Crippen LogP contribution in [0.4, 0.5) is 0 Å². The number of nitrogens with zero attached hydrogens (tertiary/aromatic N) is 3. The van der Waals surface area contributed by atoms with Crippen molar-refractivity contribution in [1.29, 1.82) is 0 Å². The molecule has 0 spiro atoms. The first-order chi connectivity index (χ1) is 6.81. The fraction of sp³-hybridized carbons (Fsp3) is 0. The molecule has 0 atom stereocenters. The van der Waals surface area contributed by atoms with Gasteiger partial charge in [0.05, 0.1) is 0 Å². The molecule has 0 aliphatic rings. The normalized spacial score (nSPS) is 10.1. The summed E-state index contributed by atoms with van der Waals surface area (Å²) < 4.78 is 0.870. The molecular formula is C8H5BrN4O. The predicted molar refractivity (Wildman–Crippen MR) is 52.7 cm³/mol. The molecule has 5 nitrogen and oxygen atoms in total. The van der Waals surface area contributed by atoms with Gasteiger partial charge in [0.1, 0.15) is 0 Å². The monoisotopic (exact) mass is 252 g/mol. The van der Waals surface area contributed by atoms with Crippen molar-refractivity contribution in [3.05, 3.63) is 28.2 Å². The van der Waals surface area contributed by atoms with Gasteiger partial charge in [-0.05, 0) is 28.6 Å². The quantitative estimate of drug-likeness (QED) is 0.822. The van der Waals surface area contributed by atoms with Crippen molar-refractivity contribution in [1.82, 2.24) is 20.6 Å². The summed E-state index contributed by atoms with van der Waals surface area (Å²) in [5, 5.41) is 13.2. The number of rotatable bonds is 2. The SMILES string of the molecule is O=Cc1ccc(Br)cc1-c1nnn[nH]1. The summed E-state index contributed by atoms with van der Waals surface area (Å²) in [6.45, 7) is 0. The molecule has 2 aromatic rings. The summed E-state index contributed by atoms with van der Waals surface area (Å²) in [4.78, 5) is 10.7. The van der Waals surface area contributed by atoms with Crippen LogP contribution in [0, 0.1) is 0 Å². The second-order valence-electron chi connectivity index (χ2n) is 2.60. The highest BCUT2D eigenvalue weighted by atomic mass is 79.9. The maximum Gasteiger partial charge on any atom is 0.180 e. The van der Waals surface area contributed by atoms with E-state index in [2.05, 4.69) is 36.6 Å². The molecule has 2 rings (SSSR count). The van der Waals surface area contributed by atoms with Crippen molar-refractivity contribution < 1.29 is 4.79 Å². The van der Waals surface area contributed by atoms with Gasteiger partial charge in [-0.15, -0.1) is 5.10 Å². The Kier molecular flexibility index (Phi) is 2.36. The lowest BCUT2D eigenvalue weighted by molar-refractivity contribution is 0.112. The van der Waals surface area contributed by atoms with Gasteiger partial charge in [-0.3, -0.25) is 4.79 Å². The summed E-state index contributed by atoms with van der Waals surface area (Å²) >= 11 is 3.31. The average molecular weight is 253 g/mol. The minimum absolute atomic E-state index is 0.480. The van der Waals surface area contributed by atoms with Crippen LogP contribution in [0.2, 0.25) is 0 Å². The third-order valence-electron chi connectivity index (χ3n) is 1.74. The van der Waals surface area contributed by atoms with Crippen LogP contribution in [0.5, 0.6) is 0 Å². The number of aromatic amines is 1. The molecule has 0 radical (unpaired) electrons. The van der Waals surface area contributed by atoms with E-state index in [1.54, 1.807) is 18.2 Å². The van der Waals surface area contributed by atoms with Crippen LogP contribution in [0.3, 0.4) is 0 Å². The molecule has 0 amide bonds. The molecule has 6 heteroatoms. The first-order valence-electron chi connectivity index (χ1n) is 3.80. The zero-order chi connectivity index (χ0) is 9.97. The van der Waals surface area contributed by atoms with Gasteiger partial charge in [0, 0.05) is 15.6 Å². The van der Waals surface area contributed by atoms with Crippen LogP contribution in [0.15, 0.2) is 22.7 Å². The van der Waals surface area contributed by atoms with Crippen molar-refractivity contribution in [2.75, 3.05) is 0 Å². The lowest BCUT2D eigenvalue weighted by atomic mass is 10.1. The van der Waals surface area contributed by atoms with Crippen molar-refractivity contribution in [3.63, 3.8) is 0 Å². The maximum atomic E-state index is 10.7. The first kappa shape index (κ1) is 9.01. The molecule has 0 bridgehead atoms. The average Bonchev–Trinajstić information content (AvgIpc) is 2.70. The molecule has 1 aromatic carbocycles. The summed E-state index contributed by atoms with van der Waals surface area (Å²) in [7, 11) is 0. The highest BCUT2D eigenvalue weighted by Gasteiger charge is 2.08. The van der Waals surface area contributed by atoms with Crippen LogP contribution in [0.25, 0.3) is 11.4 Å². The van der Waals surface area contributed by atoms with Crippen molar-refractivity contribution in [3.8, 4) is 11.4 Å². The van der Waals surface area contributed by atoms with E-state index in [0.29, 0.717) is 17.0 Å². The number of halogens is 1. The molecule has 0 aliphatic carbocycles. The fourth-order valence-corrected chi connectivity index (χ4v) is 1.47. The zero-order valence-corrected chi connectivity index (χ0v) is 8.52. The van der Waals surface area contributed by atoms with Crippen LogP contribution in [0.1, 0.15) is 10.4 Å². The largest absolute Gasteiger partial charge is 0.298 e. The Morgan fingerprint density at radius 1 is 1.43 bits per heavy atom. The van der Waals surface area contributed by atoms with Gasteiger partial charge in [-0.2, -0.15) is 0 Å². The Morgan fingerprint density at radius 2 is 2.29 bits per heavy atom. The molecule has 0 saturated carbocycles. The Labute approximate surface area is 87.7 Å². The molecule has 1 heterocycles. The minimum Gasteiger partial charge on any atom is -0.298 e. The molecule has 0 fully saturated rings. The molecule has 70 valence electrons. The third kappa shape index (κ3) is 1.56. The van der Waals surface area contributed by atoms with Crippen LogP contribution >= 0.6 is 15.9 Å². The molecule has 14 heavy (non-hydrogen) atoms. The number of hydrogen-bond donors (Lipinski definition) is 1. The number of carbonyl (C=O) groups excluding carboxylic acids is 1. The molecular weight excluding hydrogens is 248 g/mol. The second-order valence-corrected chi connectivity index (χ2v) is 3.51. The van der Waals surface area contributed by atoms with Gasteiger partial charge in [0.25, 0.3) is 0 Å². The maximum absolute atomic E-state index is 10.7. The van der Waals surface area contributed by atoms with Gasteiger partial charge in [-0.1, -0.05) is 15.9 Å². The highest BCUT2D eigenvalue weighted by Crippen LogP contribution is 2.22. The fourth-order valence-electron chi connectivity index (χ4n) is 1.11. The number of benzene rings is 1. The summed E-state index contributed by atoms with van der Waals surface area (Å²) in [6.07, 6.45) is 0.768. The predicted octanol–water partition coefficient (Wildman–Crippen LogP) is 1.44. The van der Waals surface area contributed by atoms with Crippen LogP contribution in [-0.2, 0) is 0 Å². The topological polar surface area (TPSA) is 71.5 Å². The van der Waals surface area contributed by atoms with Gasteiger partial charge in [-0.25, -0.2) is 5.10 Å². The number of tetrazole rings is 1. The van der Waals surface area contributed by atoms with E-state index in [1.807, 2.05) is 0 Å². The smallest absolute Gasteiger partial charge is 0.180 e. The number of aldehydes is 1.